The summed E-state index contributed by atoms with van der Waals surface area (Å²) >= 11 is 0. The van der Waals surface area contributed by atoms with E-state index in [1.54, 1.807) is 0 Å². The number of anilines is 1. The summed E-state index contributed by atoms with van der Waals surface area (Å²) in [6, 6.07) is 17.2. The summed E-state index contributed by atoms with van der Waals surface area (Å²) in [4.78, 5) is 16.6. The molecule has 1 aliphatic heterocycles. The van der Waals surface area contributed by atoms with Crippen LogP contribution < -0.4 is 5.32 Å². The predicted octanol–water partition coefficient (Wildman–Crippen LogP) is 3.51. The standard InChI is InChI=1S/C23H29N3O/c1-4-23(27)24-21-12-8-11-20-19(21)13-14-26(16-15-25(2)3)22(20)17-18-9-6-5-7-10-18/h4-12,22H,1,13-17H2,2-3H3,(H,24,27). The molecule has 1 aliphatic rings. The van der Waals surface area contributed by atoms with Crippen LogP contribution in [0.2, 0.25) is 0 Å². The Labute approximate surface area is 162 Å². The third-order valence-corrected chi connectivity index (χ3v) is 5.21. The van der Waals surface area contributed by atoms with E-state index in [0.29, 0.717) is 6.04 Å². The summed E-state index contributed by atoms with van der Waals surface area (Å²) in [5.41, 5.74) is 4.84. The second-order valence-electron chi connectivity index (χ2n) is 7.36. The number of carbonyl (C=O) groups is 1. The molecule has 0 bridgehead atoms. The number of amides is 1. The lowest BCUT2D eigenvalue weighted by Gasteiger charge is -2.39. The van der Waals surface area contributed by atoms with Gasteiger partial charge in [0.05, 0.1) is 0 Å². The Morgan fingerprint density at radius 3 is 2.70 bits per heavy atom. The molecule has 0 saturated heterocycles. The quantitative estimate of drug-likeness (QED) is 0.765. The van der Waals surface area contributed by atoms with Crippen LogP contribution in [0.4, 0.5) is 5.69 Å². The van der Waals surface area contributed by atoms with Crippen molar-refractivity contribution in [2.75, 3.05) is 39.0 Å². The predicted molar refractivity (Wildman–Crippen MR) is 112 cm³/mol. The van der Waals surface area contributed by atoms with Gasteiger partial charge in [-0.15, -0.1) is 0 Å². The molecule has 4 nitrogen and oxygen atoms in total. The molecule has 0 spiro atoms. The zero-order chi connectivity index (χ0) is 19.2. The number of nitrogens with one attached hydrogen (secondary N) is 1. The first-order chi connectivity index (χ1) is 13.1. The minimum Gasteiger partial charge on any atom is -0.322 e. The van der Waals surface area contributed by atoms with Crippen molar-refractivity contribution in [2.24, 2.45) is 0 Å². The molecule has 0 saturated carbocycles. The SMILES string of the molecule is C=CC(=O)Nc1cccc2c1CCN(CCN(C)C)C2Cc1ccccc1. The van der Waals surface area contributed by atoms with Crippen LogP contribution in [0.5, 0.6) is 0 Å². The van der Waals surface area contributed by atoms with E-state index in [2.05, 4.69) is 72.2 Å². The molecule has 27 heavy (non-hydrogen) atoms. The molecule has 1 atom stereocenters. The Bertz CT molecular complexity index is 785. The Morgan fingerprint density at radius 1 is 1.22 bits per heavy atom. The zero-order valence-corrected chi connectivity index (χ0v) is 16.3. The van der Waals surface area contributed by atoms with Gasteiger partial charge in [-0.2, -0.15) is 0 Å². The maximum absolute atomic E-state index is 11.8. The van der Waals surface area contributed by atoms with E-state index >= 15 is 0 Å². The van der Waals surface area contributed by atoms with E-state index in [-0.39, 0.29) is 5.91 Å². The van der Waals surface area contributed by atoms with Gasteiger partial charge in [0.25, 0.3) is 0 Å². The Kier molecular flexibility index (Phi) is 6.43. The van der Waals surface area contributed by atoms with Crippen LogP contribution in [0, 0.1) is 0 Å². The molecule has 2 aromatic carbocycles. The normalized spacial score (nSPS) is 16.8. The molecular formula is C23H29N3O. The molecule has 0 aromatic heterocycles. The van der Waals surface area contributed by atoms with Crippen molar-refractivity contribution in [1.29, 1.82) is 0 Å². The highest BCUT2D eigenvalue weighted by molar-refractivity contribution is 5.99. The lowest BCUT2D eigenvalue weighted by molar-refractivity contribution is -0.111. The third-order valence-electron chi connectivity index (χ3n) is 5.21. The van der Waals surface area contributed by atoms with Crippen molar-refractivity contribution in [1.82, 2.24) is 9.80 Å². The lowest BCUT2D eigenvalue weighted by atomic mass is 9.87. The van der Waals surface area contributed by atoms with Gasteiger partial charge in [-0.3, -0.25) is 9.69 Å². The highest BCUT2D eigenvalue weighted by Crippen LogP contribution is 2.36. The number of rotatable bonds is 7. The Morgan fingerprint density at radius 2 is 2.00 bits per heavy atom. The second kappa shape index (κ2) is 8.98. The van der Waals surface area contributed by atoms with E-state index in [1.165, 1.54) is 22.8 Å². The van der Waals surface area contributed by atoms with Crippen LogP contribution in [-0.2, 0) is 17.6 Å². The van der Waals surface area contributed by atoms with Crippen LogP contribution in [0.3, 0.4) is 0 Å². The molecule has 2 aromatic rings. The van der Waals surface area contributed by atoms with Gasteiger partial charge in [0.15, 0.2) is 0 Å². The number of hydrogen-bond donors (Lipinski definition) is 1. The van der Waals surface area contributed by atoms with Crippen LogP contribution in [0.25, 0.3) is 0 Å². The van der Waals surface area contributed by atoms with Crippen molar-refractivity contribution in [3.05, 3.63) is 77.9 Å². The summed E-state index contributed by atoms with van der Waals surface area (Å²) < 4.78 is 0. The molecule has 1 N–H and O–H groups in total. The molecular weight excluding hydrogens is 334 g/mol. The van der Waals surface area contributed by atoms with Crippen LogP contribution in [0.1, 0.15) is 22.7 Å². The van der Waals surface area contributed by atoms with E-state index in [1.807, 2.05) is 12.1 Å². The monoisotopic (exact) mass is 363 g/mol. The fourth-order valence-corrected chi connectivity index (χ4v) is 3.78. The van der Waals surface area contributed by atoms with Crippen molar-refractivity contribution < 1.29 is 4.79 Å². The second-order valence-corrected chi connectivity index (χ2v) is 7.36. The van der Waals surface area contributed by atoms with Gasteiger partial charge < -0.3 is 10.2 Å². The largest absolute Gasteiger partial charge is 0.322 e. The maximum atomic E-state index is 11.8. The van der Waals surface area contributed by atoms with Crippen molar-refractivity contribution in [3.63, 3.8) is 0 Å². The van der Waals surface area contributed by atoms with E-state index in [9.17, 15) is 4.79 Å². The highest BCUT2D eigenvalue weighted by Gasteiger charge is 2.29. The highest BCUT2D eigenvalue weighted by atomic mass is 16.1. The fourth-order valence-electron chi connectivity index (χ4n) is 3.78. The van der Waals surface area contributed by atoms with Crippen molar-refractivity contribution in [2.45, 2.75) is 18.9 Å². The van der Waals surface area contributed by atoms with Gasteiger partial charge >= 0.3 is 0 Å². The molecule has 3 rings (SSSR count). The number of nitrogens with zero attached hydrogens (tertiary/aromatic N) is 2. The summed E-state index contributed by atoms with van der Waals surface area (Å²) in [6.45, 7) is 6.64. The molecule has 0 aliphatic carbocycles. The van der Waals surface area contributed by atoms with Gasteiger partial charge in [-0.1, -0.05) is 49.0 Å². The Hall–Kier alpha value is -2.43. The molecule has 0 fully saturated rings. The molecule has 1 unspecified atom stereocenters. The zero-order valence-electron chi connectivity index (χ0n) is 16.3. The minimum atomic E-state index is -0.155. The molecule has 0 radical (unpaired) electrons. The average Bonchev–Trinajstić information content (AvgIpc) is 2.68. The van der Waals surface area contributed by atoms with Gasteiger partial charge in [0.2, 0.25) is 5.91 Å². The van der Waals surface area contributed by atoms with Crippen LogP contribution >= 0.6 is 0 Å². The first kappa shape index (κ1) is 19.3. The summed E-state index contributed by atoms with van der Waals surface area (Å²) in [7, 11) is 4.24. The van der Waals surface area contributed by atoms with Crippen LogP contribution in [-0.4, -0.2) is 49.4 Å². The average molecular weight is 364 g/mol. The van der Waals surface area contributed by atoms with Gasteiger partial charge in [0.1, 0.15) is 0 Å². The van der Waals surface area contributed by atoms with E-state index in [4.69, 9.17) is 0 Å². The number of hydrogen-bond acceptors (Lipinski definition) is 3. The molecule has 1 amide bonds. The van der Waals surface area contributed by atoms with E-state index < -0.39 is 0 Å². The van der Waals surface area contributed by atoms with Gasteiger partial charge in [0, 0.05) is 31.4 Å². The number of fused-ring (bicyclic) bond motifs is 1. The van der Waals surface area contributed by atoms with Gasteiger partial charge in [-0.05, 0) is 55.8 Å². The third kappa shape index (κ3) is 4.85. The van der Waals surface area contributed by atoms with Crippen molar-refractivity contribution >= 4 is 11.6 Å². The number of benzene rings is 2. The smallest absolute Gasteiger partial charge is 0.247 e. The molecule has 4 heteroatoms. The fraction of sp³-hybridized carbons (Fsp3) is 0.348. The lowest BCUT2D eigenvalue weighted by Crippen LogP contribution is -2.40. The minimum absolute atomic E-state index is 0.155. The Balaban J connectivity index is 1.92. The van der Waals surface area contributed by atoms with E-state index in [0.717, 1.165) is 38.2 Å². The van der Waals surface area contributed by atoms with Crippen molar-refractivity contribution in [3.8, 4) is 0 Å². The summed E-state index contributed by atoms with van der Waals surface area (Å²) in [6.07, 6.45) is 3.24. The first-order valence-corrected chi connectivity index (χ1v) is 9.56. The number of carbonyl (C=O) groups excluding carboxylic acids is 1. The number of likely N-dealkylation sites (N-methyl/N-ethyl adjacent to an activating group) is 1. The summed E-state index contributed by atoms with van der Waals surface area (Å²) in [5, 5.41) is 2.99. The first-order valence-electron chi connectivity index (χ1n) is 9.56. The van der Waals surface area contributed by atoms with Crippen LogP contribution in [0.15, 0.2) is 61.2 Å². The maximum Gasteiger partial charge on any atom is 0.247 e. The summed E-state index contributed by atoms with van der Waals surface area (Å²) in [5.74, 6) is -0.155. The molecule has 142 valence electrons. The topological polar surface area (TPSA) is 35.6 Å². The molecule has 1 heterocycles. The van der Waals surface area contributed by atoms with Gasteiger partial charge in [-0.25, -0.2) is 0 Å².